The number of hydrogen-bond acceptors (Lipinski definition) is 4. The Kier molecular flexibility index (Phi) is 3.02. The van der Waals surface area contributed by atoms with Crippen molar-refractivity contribution in [1.29, 1.82) is 0 Å². The van der Waals surface area contributed by atoms with Gasteiger partial charge >= 0.3 is 0 Å². The minimum atomic E-state index is -0.238. The van der Waals surface area contributed by atoms with E-state index >= 15 is 0 Å². The lowest BCUT2D eigenvalue weighted by molar-refractivity contribution is 0.627. The Balaban J connectivity index is 1.84. The molecule has 0 aliphatic carbocycles. The summed E-state index contributed by atoms with van der Waals surface area (Å²) in [5.74, 6) is 0.438. The fourth-order valence-electron chi connectivity index (χ4n) is 1.84. The molecular formula is C14H11FN4. The van der Waals surface area contributed by atoms with Gasteiger partial charge in [0.2, 0.25) is 0 Å². The lowest BCUT2D eigenvalue weighted by Gasteiger charge is -2.07. The Morgan fingerprint density at radius 3 is 2.74 bits per heavy atom. The molecule has 0 fully saturated rings. The van der Waals surface area contributed by atoms with Crippen molar-refractivity contribution in [3.05, 3.63) is 60.3 Å². The smallest absolute Gasteiger partial charge is 0.158 e. The highest BCUT2D eigenvalue weighted by Crippen LogP contribution is 2.18. The Hall–Kier alpha value is -2.56. The summed E-state index contributed by atoms with van der Waals surface area (Å²) >= 11 is 0. The summed E-state index contributed by atoms with van der Waals surface area (Å²) in [4.78, 5) is 4.08. The molecule has 1 N–H and O–H groups in total. The van der Waals surface area contributed by atoms with Gasteiger partial charge in [0.15, 0.2) is 5.82 Å². The molecule has 0 saturated carbocycles. The number of fused-ring (bicyclic) bond motifs is 1. The second-order valence-corrected chi connectivity index (χ2v) is 4.14. The van der Waals surface area contributed by atoms with Crippen molar-refractivity contribution in [2.75, 3.05) is 5.32 Å². The second kappa shape index (κ2) is 4.97. The van der Waals surface area contributed by atoms with Gasteiger partial charge in [-0.25, -0.2) is 4.39 Å². The van der Waals surface area contributed by atoms with Gasteiger partial charge in [-0.1, -0.05) is 12.1 Å². The van der Waals surface area contributed by atoms with Crippen LogP contribution in [0.4, 0.5) is 10.2 Å². The van der Waals surface area contributed by atoms with Crippen molar-refractivity contribution in [3.63, 3.8) is 0 Å². The van der Waals surface area contributed by atoms with E-state index in [0.717, 1.165) is 16.3 Å². The monoisotopic (exact) mass is 254 g/mol. The average Bonchev–Trinajstić information content (AvgIpc) is 2.47. The standard InChI is InChI=1S/C14H11FN4/c15-12-3-1-10(2-4-12)7-17-14-13-9-16-6-5-11(13)8-18-19-14/h1-6,8-9H,7H2,(H,17,19). The topological polar surface area (TPSA) is 50.7 Å². The SMILES string of the molecule is Fc1ccc(CNc2nncc3ccncc23)cc1. The van der Waals surface area contributed by atoms with Gasteiger partial charge in [0.1, 0.15) is 5.82 Å². The highest BCUT2D eigenvalue weighted by atomic mass is 19.1. The van der Waals surface area contributed by atoms with Crippen molar-refractivity contribution in [3.8, 4) is 0 Å². The van der Waals surface area contributed by atoms with E-state index in [1.54, 1.807) is 30.7 Å². The third kappa shape index (κ3) is 2.49. The third-order valence-corrected chi connectivity index (χ3v) is 2.84. The van der Waals surface area contributed by atoms with E-state index in [1.165, 1.54) is 12.1 Å². The predicted molar refractivity (Wildman–Crippen MR) is 71.1 cm³/mol. The van der Waals surface area contributed by atoms with Gasteiger partial charge in [-0.2, -0.15) is 5.10 Å². The Bertz CT molecular complexity index is 692. The van der Waals surface area contributed by atoms with Crippen LogP contribution in [0.25, 0.3) is 10.8 Å². The largest absolute Gasteiger partial charge is 0.364 e. The van der Waals surface area contributed by atoms with E-state index < -0.39 is 0 Å². The second-order valence-electron chi connectivity index (χ2n) is 4.14. The van der Waals surface area contributed by atoms with E-state index in [2.05, 4.69) is 20.5 Å². The van der Waals surface area contributed by atoms with E-state index in [0.29, 0.717) is 12.4 Å². The fraction of sp³-hybridized carbons (Fsp3) is 0.0714. The highest BCUT2D eigenvalue weighted by molar-refractivity contribution is 5.89. The molecule has 0 aliphatic rings. The number of aromatic nitrogens is 3. The van der Waals surface area contributed by atoms with Crippen LogP contribution >= 0.6 is 0 Å². The van der Waals surface area contributed by atoms with E-state index in [1.807, 2.05) is 6.07 Å². The van der Waals surface area contributed by atoms with Gasteiger partial charge in [0, 0.05) is 29.7 Å². The molecule has 0 radical (unpaired) electrons. The number of nitrogens with one attached hydrogen (secondary N) is 1. The summed E-state index contributed by atoms with van der Waals surface area (Å²) in [5, 5.41) is 13.1. The van der Waals surface area contributed by atoms with Crippen LogP contribution in [-0.4, -0.2) is 15.2 Å². The molecule has 0 spiro atoms. The van der Waals surface area contributed by atoms with E-state index in [9.17, 15) is 4.39 Å². The van der Waals surface area contributed by atoms with Crippen LogP contribution in [0.5, 0.6) is 0 Å². The molecule has 0 amide bonds. The first-order chi connectivity index (χ1) is 9.33. The van der Waals surface area contributed by atoms with Crippen LogP contribution in [0.1, 0.15) is 5.56 Å². The number of nitrogens with zero attached hydrogens (tertiary/aromatic N) is 3. The molecule has 2 aromatic heterocycles. The predicted octanol–water partition coefficient (Wildman–Crippen LogP) is 2.78. The van der Waals surface area contributed by atoms with Gasteiger partial charge in [-0.15, -0.1) is 5.10 Å². The van der Waals surface area contributed by atoms with Gasteiger partial charge in [0.05, 0.1) is 6.20 Å². The first-order valence-corrected chi connectivity index (χ1v) is 5.87. The maximum atomic E-state index is 12.8. The number of rotatable bonds is 3. The molecular weight excluding hydrogens is 243 g/mol. The van der Waals surface area contributed by atoms with Crippen molar-refractivity contribution >= 4 is 16.6 Å². The van der Waals surface area contributed by atoms with Crippen LogP contribution in [0.2, 0.25) is 0 Å². The molecule has 0 aliphatic heterocycles. The lowest BCUT2D eigenvalue weighted by Crippen LogP contribution is -2.03. The van der Waals surface area contributed by atoms with Crippen molar-refractivity contribution in [1.82, 2.24) is 15.2 Å². The first kappa shape index (κ1) is 11.5. The summed E-state index contributed by atoms with van der Waals surface area (Å²) in [5.41, 5.74) is 0.976. The molecule has 0 unspecified atom stereocenters. The van der Waals surface area contributed by atoms with Crippen LogP contribution < -0.4 is 5.32 Å². The minimum Gasteiger partial charge on any atom is -0.364 e. The van der Waals surface area contributed by atoms with Gasteiger partial charge < -0.3 is 5.32 Å². The summed E-state index contributed by atoms with van der Waals surface area (Å²) in [6.45, 7) is 0.558. The van der Waals surface area contributed by atoms with Gasteiger partial charge in [-0.3, -0.25) is 4.98 Å². The van der Waals surface area contributed by atoms with Crippen LogP contribution in [0.15, 0.2) is 48.9 Å². The molecule has 0 saturated heterocycles. The molecule has 2 heterocycles. The normalized spacial score (nSPS) is 10.6. The van der Waals surface area contributed by atoms with Crippen molar-refractivity contribution in [2.24, 2.45) is 0 Å². The summed E-state index contributed by atoms with van der Waals surface area (Å²) < 4.78 is 12.8. The number of hydrogen-bond donors (Lipinski definition) is 1. The number of pyridine rings is 1. The molecule has 1 aromatic carbocycles. The Morgan fingerprint density at radius 2 is 1.89 bits per heavy atom. The van der Waals surface area contributed by atoms with Gasteiger partial charge in [0.25, 0.3) is 0 Å². The maximum Gasteiger partial charge on any atom is 0.158 e. The molecule has 94 valence electrons. The maximum absolute atomic E-state index is 12.8. The zero-order chi connectivity index (χ0) is 13.1. The Labute approximate surface area is 109 Å². The molecule has 3 aromatic rings. The minimum absolute atomic E-state index is 0.238. The Morgan fingerprint density at radius 1 is 1.05 bits per heavy atom. The highest BCUT2D eigenvalue weighted by Gasteiger charge is 2.03. The van der Waals surface area contributed by atoms with Crippen molar-refractivity contribution in [2.45, 2.75) is 6.54 Å². The van der Waals surface area contributed by atoms with E-state index in [-0.39, 0.29) is 5.82 Å². The zero-order valence-corrected chi connectivity index (χ0v) is 10.0. The molecule has 19 heavy (non-hydrogen) atoms. The van der Waals surface area contributed by atoms with E-state index in [4.69, 9.17) is 0 Å². The molecule has 5 heteroatoms. The molecule has 0 bridgehead atoms. The quantitative estimate of drug-likeness (QED) is 0.780. The van der Waals surface area contributed by atoms with Crippen LogP contribution in [0, 0.1) is 5.82 Å². The molecule has 4 nitrogen and oxygen atoms in total. The summed E-state index contributed by atoms with van der Waals surface area (Å²) in [6, 6.07) is 8.23. The lowest BCUT2D eigenvalue weighted by atomic mass is 10.2. The average molecular weight is 254 g/mol. The summed E-state index contributed by atoms with van der Waals surface area (Å²) in [6.07, 6.45) is 5.16. The third-order valence-electron chi connectivity index (χ3n) is 2.84. The van der Waals surface area contributed by atoms with Crippen molar-refractivity contribution < 1.29 is 4.39 Å². The first-order valence-electron chi connectivity index (χ1n) is 5.87. The van der Waals surface area contributed by atoms with Gasteiger partial charge in [-0.05, 0) is 23.8 Å². The number of anilines is 1. The number of benzene rings is 1. The fourth-order valence-corrected chi connectivity index (χ4v) is 1.84. The zero-order valence-electron chi connectivity index (χ0n) is 10.0. The van der Waals surface area contributed by atoms with Crippen LogP contribution in [0.3, 0.4) is 0 Å². The molecule has 0 atom stereocenters. The van der Waals surface area contributed by atoms with Crippen LogP contribution in [-0.2, 0) is 6.54 Å². The summed E-state index contributed by atoms with van der Waals surface area (Å²) in [7, 11) is 0. The number of halogens is 1. The molecule has 3 rings (SSSR count).